The maximum atomic E-state index is 9.43. The monoisotopic (exact) mass is 262 g/mol. The van der Waals surface area contributed by atoms with Gasteiger partial charge in [0.1, 0.15) is 6.04 Å². The number of benzene rings is 1. The van der Waals surface area contributed by atoms with Crippen molar-refractivity contribution in [3.05, 3.63) is 29.8 Å². The average molecular weight is 262 g/mol. The van der Waals surface area contributed by atoms with Crippen molar-refractivity contribution in [2.24, 2.45) is 0 Å². The van der Waals surface area contributed by atoms with Crippen molar-refractivity contribution < 1.29 is 0 Å². The first-order valence-electron chi connectivity index (χ1n) is 6.54. The standard InChI is InChI=1S/C15H22N2S/c1-4-10-17(11-5-2)15(12-16)13-6-8-14(18-3)9-7-13/h6-9,15H,4-5,10-11H2,1-3H3. The maximum absolute atomic E-state index is 9.43. The van der Waals surface area contributed by atoms with E-state index >= 15 is 0 Å². The van der Waals surface area contributed by atoms with Crippen LogP contribution in [0.1, 0.15) is 38.3 Å². The number of nitriles is 1. The van der Waals surface area contributed by atoms with Gasteiger partial charge in [0.15, 0.2) is 0 Å². The Kier molecular flexibility index (Phi) is 6.85. The second-order valence-corrected chi connectivity index (χ2v) is 5.22. The van der Waals surface area contributed by atoms with Crippen LogP contribution in [0.3, 0.4) is 0 Å². The van der Waals surface area contributed by atoms with Gasteiger partial charge in [0, 0.05) is 4.90 Å². The van der Waals surface area contributed by atoms with Crippen molar-refractivity contribution in [2.45, 2.75) is 37.6 Å². The highest BCUT2D eigenvalue weighted by Crippen LogP contribution is 2.23. The van der Waals surface area contributed by atoms with Crippen molar-refractivity contribution in [3.8, 4) is 6.07 Å². The zero-order valence-corrected chi connectivity index (χ0v) is 12.3. The van der Waals surface area contributed by atoms with Crippen LogP contribution in [0, 0.1) is 11.3 Å². The molecule has 1 aromatic carbocycles. The van der Waals surface area contributed by atoms with Crippen LogP contribution in [0.15, 0.2) is 29.2 Å². The molecular weight excluding hydrogens is 240 g/mol. The van der Waals surface area contributed by atoms with Gasteiger partial charge in [-0.2, -0.15) is 5.26 Å². The zero-order chi connectivity index (χ0) is 13.4. The Morgan fingerprint density at radius 2 is 1.72 bits per heavy atom. The highest BCUT2D eigenvalue weighted by molar-refractivity contribution is 7.98. The summed E-state index contributed by atoms with van der Waals surface area (Å²) in [6.45, 7) is 6.29. The van der Waals surface area contributed by atoms with Gasteiger partial charge in [-0.15, -0.1) is 11.8 Å². The Labute approximate surface area is 115 Å². The van der Waals surface area contributed by atoms with Crippen LogP contribution in [0.5, 0.6) is 0 Å². The molecule has 1 aromatic rings. The maximum Gasteiger partial charge on any atom is 0.123 e. The molecule has 0 aliphatic heterocycles. The molecule has 18 heavy (non-hydrogen) atoms. The second kappa shape index (κ2) is 8.18. The summed E-state index contributed by atoms with van der Waals surface area (Å²) in [5.41, 5.74) is 1.11. The lowest BCUT2D eigenvalue weighted by Crippen LogP contribution is -2.29. The fraction of sp³-hybridized carbons (Fsp3) is 0.533. The lowest BCUT2D eigenvalue weighted by atomic mass is 10.1. The number of nitrogens with zero attached hydrogens (tertiary/aromatic N) is 2. The van der Waals surface area contributed by atoms with Crippen LogP contribution >= 0.6 is 11.8 Å². The molecule has 0 aromatic heterocycles. The number of hydrogen-bond acceptors (Lipinski definition) is 3. The Morgan fingerprint density at radius 1 is 1.17 bits per heavy atom. The van der Waals surface area contributed by atoms with Gasteiger partial charge in [-0.05, 0) is 49.9 Å². The second-order valence-electron chi connectivity index (χ2n) is 4.34. The van der Waals surface area contributed by atoms with Crippen molar-refractivity contribution in [2.75, 3.05) is 19.3 Å². The molecule has 0 N–H and O–H groups in total. The van der Waals surface area contributed by atoms with Crippen molar-refractivity contribution in [1.82, 2.24) is 4.90 Å². The fourth-order valence-corrected chi connectivity index (χ4v) is 2.51. The molecule has 0 heterocycles. The summed E-state index contributed by atoms with van der Waals surface area (Å²) in [4.78, 5) is 3.52. The normalized spacial score (nSPS) is 12.4. The van der Waals surface area contributed by atoms with Crippen molar-refractivity contribution in [1.29, 1.82) is 5.26 Å². The van der Waals surface area contributed by atoms with E-state index in [1.165, 1.54) is 4.90 Å². The molecule has 1 atom stereocenters. The van der Waals surface area contributed by atoms with Gasteiger partial charge in [0.2, 0.25) is 0 Å². The molecule has 0 saturated carbocycles. The van der Waals surface area contributed by atoms with Crippen molar-refractivity contribution in [3.63, 3.8) is 0 Å². The van der Waals surface area contributed by atoms with Crippen LogP contribution < -0.4 is 0 Å². The van der Waals surface area contributed by atoms with E-state index in [1.807, 2.05) is 0 Å². The molecule has 3 heteroatoms. The smallest absolute Gasteiger partial charge is 0.123 e. The molecule has 1 unspecified atom stereocenters. The minimum atomic E-state index is -0.110. The van der Waals surface area contributed by atoms with Gasteiger partial charge in [0.25, 0.3) is 0 Å². The molecule has 0 spiro atoms. The zero-order valence-electron chi connectivity index (χ0n) is 11.5. The molecule has 0 aliphatic rings. The number of hydrogen-bond donors (Lipinski definition) is 0. The minimum Gasteiger partial charge on any atom is -0.284 e. The lowest BCUT2D eigenvalue weighted by molar-refractivity contribution is 0.236. The molecule has 0 amide bonds. The summed E-state index contributed by atoms with van der Waals surface area (Å²) in [5.74, 6) is 0. The van der Waals surface area contributed by atoms with Gasteiger partial charge in [0.05, 0.1) is 6.07 Å². The summed E-state index contributed by atoms with van der Waals surface area (Å²) < 4.78 is 0. The molecule has 98 valence electrons. The van der Waals surface area contributed by atoms with Gasteiger partial charge in [-0.25, -0.2) is 0 Å². The molecule has 1 rings (SSSR count). The third-order valence-electron chi connectivity index (χ3n) is 2.94. The van der Waals surface area contributed by atoms with Gasteiger partial charge in [-0.3, -0.25) is 4.90 Å². The predicted octanol–water partition coefficient (Wildman–Crippen LogP) is 4.10. The third kappa shape index (κ3) is 4.04. The molecule has 0 fully saturated rings. The first-order valence-corrected chi connectivity index (χ1v) is 7.76. The van der Waals surface area contributed by atoms with Crippen molar-refractivity contribution >= 4 is 11.8 Å². The molecule has 0 aliphatic carbocycles. The van der Waals surface area contributed by atoms with E-state index in [2.05, 4.69) is 55.3 Å². The molecule has 0 radical (unpaired) electrons. The Morgan fingerprint density at radius 3 is 2.11 bits per heavy atom. The number of thioether (sulfide) groups is 1. The van der Waals surface area contributed by atoms with Gasteiger partial charge >= 0.3 is 0 Å². The highest BCUT2D eigenvalue weighted by atomic mass is 32.2. The molecule has 0 saturated heterocycles. The van der Waals surface area contributed by atoms with Crippen LogP contribution in [-0.2, 0) is 0 Å². The summed E-state index contributed by atoms with van der Waals surface area (Å²) in [7, 11) is 0. The summed E-state index contributed by atoms with van der Waals surface area (Å²) in [5, 5.41) is 9.43. The topological polar surface area (TPSA) is 27.0 Å². The molecule has 0 bridgehead atoms. The van der Waals surface area contributed by atoms with E-state index in [0.717, 1.165) is 31.5 Å². The van der Waals surface area contributed by atoms with Crippen LogP contribution in [0.2, 0.25) is 0 Å². The van der Waals surface area contributed by atoms with E-state index in [1.54, 1.807) is 11.8 Å². The van der Waals surface area contributed by atoms with E-state index in [0.29, 0.717) is 0 Å². The Hall–Kier alpha value is -0.980. The third-order valence-corrected chi connectivity index (χ3v) is 3.68. The number of rotatable bonds is 7. The lowest BCUT2D eigenvalue weighted by Gasteiger charge is -2.26. The van der Waals surface area contributed by atoms with E-state index in [-0.39, 0.29) is 6.04 Å². The van der Waals surface area contributed by atoms with Gasteiger partial charge in [-0.1, -0.05) is 26.0 Å². The van der Waals surface area contributed by atoms with Gasteiger partial charge < -0.3 is 0 Å². The Balaban J connectivity index is 2.88. The van der Waals surface area contributed by atoms with Crippen LogP contribution in [0.4, 0.5) is 0 Å². The average Bonchev–Trinajstić information content (AvgIpc) is 2.41. The SMILES string of the molecule is CCCN(CCC)C(C#N)c1ccc(SC)cc1. The van der Waals surface area contributed by atoms with Crippen LogP contribution in [0.25, 0.3) is 0 Å². The first kappa shape index (κ1) is 15.1. The minimum absolute atomic E-state index is 0.110. The first-order chi connectivity index (χ1) is 8.76. The Bertz CT molecular complexity index is 374. The quantitative estimate of drug-likeness (QED) is 0.692. The summed E-state index contributed by atoms with van der Waals surface area (Å²) in [6, 6.07) is 10.7. The summed E-state index contributed by atoms with van der Waals surface area (Å²) >= 11 is 1.73. The van der Waals surface area contributed by atoms with E-state index in [4.69, 9.17) is 0 Å². The van der Waals surface area contributed by atoms with Crippen LogP contribution in [-0.4, -0.2) is 24.2 Å². The molecular formula is C15H22N2S. The van der Waals surface area contributed by atoms with E-state index < -0.39 is 0 Å². The summed E-state index contributed by atoms with van der Waals surface area (Å²) in [6.07, 6.45) is 4.24. The highest BCUT2D eigenvalue weighted by Gasteiger charge is 2.18. The predicted molar refractivity (Wildman–Crippen MR) is 78.7 cm³/mol. The van der Waals surface area contributed by atoms with E-state index in [9.17, 15) is 5.26 Å². The molecule has 2 nitrogen and oxygen atoms in total. The fourth-order valence-electron chi connectivity index (χ4n) is 2.10. The largest absolute Gasteiger partial charge is 0.284 e.